The number of nitro benzene ring substituents is 1. The first-order valence-corrected chi connectivity index (χ1v) is 8.32. The van der Waals surface area contributed by atoms with Crippen molar-refractivity contribution in [2.45, 2.75) is 52.4 Å². The topological polar surface area (TPSA) is 79.4 Å². The maximum absolute atomic E-state index is 10.9. The lowest BCUT2D eigenvalue weighted by Gasteiger charge is -2.32. The number of hydrogen-bond acceptors (Lipinski definition) is 5. The molecular formula is C17H22BN3O4. The van der Waals surface area contributed by atoms with Gasteiger partial charge in [-0.3, -0.25) is 14.8 Å². The van der Waals surface area contributed by atoms with Crippen LogP contribution in [0.1, 0.15) is 34.6 Å². The van der Waals surface area contributed by atoms with E-state index in [2.05, 4.69) is 5.10 Å². The molecule has 132 valence electrons. The van der Waals surface area contributed by atoms with Crippen molar-refractivity contribution in [3.05, 3.63) is 40.6 Å². The molecule has 2 aromatic rings. The van der Waals surface area contributed by atoms with Crippen LogP contribution < -0.4 is 5.46 Å². The molecule has 0 spiro atoms. The molecular weight excluding hydrogens is 321 g/mol. The minimum absolute atomic E-state index is 0.0517. The zero-order chi connectivity index (χ0) is 18.4. The molecule has 1 saturated heterocycles. The van der Waals surface area contributed by atoms with Gasteiger partial charge in [-0.05, 0) is 46.8 Å². The molecule has 0 N–H and O–H groups in total. The van der Waals surface area contributed by atoms with Crippen LogP contribution in [0, 0.1) is 10.1 Å². The Morgan fingerprint density at radius 2 is 1.72 bits per heavy atom. The summed E-state index contributed by atoms with van der Waals surface area (Å²) in [5, 5.41) is 15.5. The van der Waals surface area contributed by atoms with Crippen molar-refractivity contribution in [1.29, 1.82) is 0 Å². The maximum atomic E-state index is 10.9. The van der Waals surface area contributed by atoms with Gasteiger partial charge in [-0.2, -0.15) is 5.10 Å². The molecule has 0 amide bonds. The molecule has 1 aromatic carbocycles. The van der Waals surface area contributed by atoms with Crippen LogP contribution >= 0.6 is 0 Å². The average molecular weight is 343 g/mol. The third kappa shape index (κ3) is 3.07. The highest BCUT2D eigenvalue weighted by Gasteiger charge is 2.52. The molecule has 3 rings (SSSR count). The summed E-state index contributed by atoms with van der Waals surface area (Å²) in [6, 6.07) is 6.37. The van der Waals surface area contributed by atoms with Gasteiger partial charge >= 0.3 is 7.12 Å². The SMILES string of the molecule is CCn1cc(B2OC(C)(C)C(C)(C)O2)c(-c2ccc([N+](=O)[O-])cc2)n1. The van der Waals surface area contributed by atoms with Crippen LogP contribution in [0.2, 0.25) is 0 Å². The summed E-state index contributed by atoms with van der Waals surface area (Å²) in [7, 11) is -0.532. The molecule has 0 bridgehead atoms. The smallest absolute Gasteiger partial charge is 0.399 e. The van der Waals surface area contributed by atoms with Crippen molar-refractivity contribution in [2.24, 2.45) is 0 Å². The van der Waals surface area contributed by atoms with E-state index in [1.54, 1.807) is 12.1 Å². The summed E-state index contributed by atoms with van der Waals surface area (Å²) in [6.07, 6.45) is 1.92. The zero-order valence-electron chi connectivity index (χ0n) is 15.1. The summed E-state index contributed by atoms with van der Waals surface area (Å²) in [6.45, 7) is 10.7. The van der Waals surface area contributed by atoms with Crippen molar-refractivity contribution in [3.8, 4) is 11.3 Å². The molecule has 1 aromatic heterocycles. The van der Waals surface area contributed by atoms with Crippen molar-refractivity contribution in [2.75, 3.05) is 0 Å². The Morgan fingerprint density at radius 1 is 1.16 bits per heavy atom. The van der Waals surface area contributed by atoms with E-state index >= 15 is 0 Å². The fraction of sp³-hybridized carbons (Fsp3) is 0.471. The van der Waals surface area contributed by atoms with Crippen LogP contribution in [0.4, 0.5) is 5.69 Å². The van der Waals surface area contributed by atoms with Gasteiger partial charge in [-0.15, -0.1) is 0 Å². The molecule has 25 heavy (non-hydrogen) atoms. The third-order valence-electron chi connectivity index (χ3n) is 4.97. The zero-order valence-corrected chi connectivity index (χ0v) is 15.1. The molecule has 1 fully saturated rings. The van der Waals surface area contributed by atoms with E-state index in [0.717, 1.165) is 16.7 Å². The van der Waals surface area contributed by atoms with Gasteiger partial charge in [0.05, 0.1) is 21.8 Å². The van der Waals surface area contributed by atoms with E-state index in [1.807, 2.05) is 45.5 Å². The second-order valence-corrected chi connectivity index (χ2v) is 7.18. The molecule has 8 heteroatoms. The van der Waals surface area contributed by atoms with Crippen LogP contribution in [0.3, 0.4) is 0 Å². The predicted molar refractivity (Wildman–Crippen MR) is 95.7 cm³/mol. The van der Waals surface area contributed by atoms with Gasteiger partial charge in [-0.25, -0.2) is 0 Å². The Bertz CT molecular complexity index is 783. The average Bonchev–Trinajstić information content (AvgIpc) is 3.06. The van der Waals surface area contributed by atoms with Crippen molar-refractivity contribution >= 4 is 18.3 Å². The number of non-ortho nitro benzene ring substituents is 1. The van der Waals surface area contributed by atoms with Crippen LogP contribution in [-0.4, -0.2) is 33.0 Å². The molecule has 0 radical (unpaired) electrons. The van der Waals surface area contributed by atoms with Gasteiger partial charge in [0.15, 0.2) is 0 Å². The molecule has 1 aliphatic heterocycles. The lowest BCUT2D eigenvalue weighted by atomic mass is 9.78. The third-order valence-corrected chi connectivity index (χ3v) is 4.97. The number of hydrogen-bond donors (Lipinski definition) is 0. The highest BCUT2D eigenvalue weighted by molar-refractivity contribution is 6.63. The maximum Gasteiger partial charge on any atom is 0.498 e. The minimum atomic E-state index is -0.532. The van der Waals surface area contributed by atoms with E-state index in [9.17, 15) is 10.1 Å². The normalized spacial score (nSPS) is 18.5. The van der Waals surface area contributed by atoms with Gasteiger partial charge < -0.3 is 9.31 Å². The number of aryl methyl sites for hydroxylation is 1. The molecule has 0 atom stereocenters. The second-order valence-electron chi connectivity index (χ2n) is 7.18. The van der Waals surface area contributed by atoms with Gasteiger partial charge in [0.1, 0.15) is 0 Å². The number of nitrogens with zero attached hydrogens (tertiary/aromatic N) is 3. The summed E-state index contributed by atoms with van der Waals surface area (Å²) in [4.78, 5) is 10.5. The Labute approximate surface area is 147 Å². The predicted octanol–water partition coefficient (Wildman–Crippen LogP) is 2.78. The largest absolute Gasteiger partial charge is 0.498 e. The van der Waals surface area contributed by atoms with E-state index in [4.69, 9.17) is 9.31 Å². The highest BCUT2D eigenvalue weighted by Crippen LogP contribution is 2.37. The molecule has 0 unspecified atom stereocenters. The summed E-state index contributed by atoms with van der Waals surface area (Å²) < 4.78 is 14.1. The Kier molecular flexibility index (Phi) is 4.21. The van der Waals surface area contributed by atoms with E-state index in [1.165, 1.54) is 12.1 Å². The van der Waals surface area contributed by atoms with Gasteiger partial charge in [0, 0.05) is 35.9 Å². The van der Waals surface area contributed by atoms with Crippen LogP contribution in [0.5, 0.6) is 0 Å². The first-order chi connectivity index (χ1) is 11.6. The van der Waals surface area contributed by atoms with Crippen molar-refractivity contribution in [3.63, 3.8) is 0 Å². The summed E-state index contributed by atoms with van der Waals surface area (Å²) in [5.41, 5.74) is 1.50. The first-order valence-electron chi connectivity index (χ1n) is 8.32. The van der Waals surface area contributed by atoms with Crippen molar-refractivity contribution in [1.82, 2.24) is 9.78 Å². The lowest BCUT2D eigenvalue weighted by Crippen LogP contribution is -2.41. The van der Waals surface area contributed by atoms with Gasteiger partial charge in [-0.1, -0.05) is 0 Å². The van der Waals surface area contributed by atoms with Gasteiger partial charge in [0.25, 0.3) is 5.69 Å². The van der Waals surface area contributed by atoms with Crippen LogP contribution in [0.15, 0.2) is 30.5 Å². The molecule has 1 aliphatic rings. The van der Waals surface area contributed by atoms with Crippen LogP contribution in [-0.2, 0) is 15.9 Å². The quantitative estimate of drug-likeness (QED) is 0.484. The Morgan fingerprint density at radius 3 is 2.20 bits per heavy atom. The fourth-order valence-corrected chi connectivity index (χ4v) is 2.71. The fourth-order valence-electron chi connectivity index (χ4n) is 2.71. The molecule has 2 heterocycles. The van der Waals surface area contributed by atoms with Crippen molar-refractivity contribution < 1.29 is 14.2 Å². The number of rotatable bonds is 4. The van der Waals surface area contributed by atoms with Crippen LogP contribution in [0.25, 0.3) is 11.3 Å². The molecule has 7 nitrogen and oxygen atoms in total. The minimum Gasteiger partial charge on any atom is -0.399 e. The lowest BCUT2D eigenvalue weighted by molar-refractivity contribution is -0.384. The Balaban J connectivity index is 2.01. The van der Waals surface area contributed by atoms with E-state index in [0.29, 0.717) is 6.54 Å². The number of benzene rings is 1. The second kappa shape index (κ2) is 5.96. The summed E-state index contributed by atoms with van der Waals surface area (Å²) in [5.74, 6) is 0. The first kappa shape index (κ1) is 17.6. The molecule has 0 saturated carbocycles. The Hall–Kier alpha value is -2.19. The molecule has 0 aliphatic carbocycles. The standard InChI is InChI=1S/C17H22BN3O4/c1-6-20-11-14(18-24-16(2,3)17(4,5)25-18)15(19-20)12-7-9-13(10-8-12)21(22)23/h7-11H,6H2,1-5H3. The highest BCUT2D eigenvalue weighted by atomic mass is 16.7. The van der Waals surface area contributed by atoms with E-state index < -0.39 is 23.2 Å². The van der Waals surface area contributed by atoms with Gasteiger partial charge in [0.2, 0.25) is 0 Å². The monoisotopic (exact) mass is 343 g/mol. The summed E-state index contributed by atoms with van der Waals surface area (Å²) >= 11 is 0. The van der Waals surface area contributed by atoms with E-state index in [-0.39, 0.29) is 5.69 Å². The number of aromatic nitrogens is 2. The number of nitro groups is 1.